The Balaban J connectivity index is 1.86. The van der Waals surface area contributed by atoms with Crippen LogP contribution in [0.15, 0.2) is 12.1 Å². The summed E-state index contributed by atoms with van der Waals surface area (Å²) in [6, 6.07) is 4.17. The normalized spacial score (nSPS) is 17.5. The second kappa shape index (κ2) is 7.49. The molecule has 0 unspecified atom stereocenters. The van der Waals surface area contributed by atoms with Crippen LogP contribution in [-0.4, -0.2) is 31.1 Å². The van der Waals surface area contributed by atoms with Crippen molar-refractivity contribution in [2.24, 2.45) is 5.92 Å². The Morgan fingerprint density at radius 1 is 1.39 bits per heavy atom. The number of thiophene rings is 1. The fraction of sp³-hybridized carbons (Fsp3) is 0.714. The van der Waals surface area contributed by atoms with Crippen molar-refractivity contribution < 1.29 is 0 Å². The summed E-state index contributed by atoms with van der Waals surface area (Å²) >= 11 is 7.72. The summed E-state index contributed by atoms with van der Waals surface area (Å²) in [5, 5.41) is 3.44. The molecule has 1 aromatic heterocycles. The number of rotatable bonds is 6. The predicted molar refractivity (Wildman–Crippen MR) is 80.5 cm³/mol. The van der Waals surface area contributed by atoms with Crippen LogP contribution in [0.1, 0.15) is 31.1 Å². The van der Waals surface area contributed by atoms with Crippen LogP contribution in [0.25, 0.3) is 0 Å². The van der Waals surface area contributed by atoms with Crippen molar-refractivity contribution in [3.63, 3.8) is 0 Å². The van der Waals surface area contributed by atoms with Crippen molar-refractivity contribution in [1.82, 2.24) is 10.2 Å². The van der Waals surface area contributed by atoms with Gasteiger partial charge in [-0.1, -0.05) is 18.5 Å². The molecule has 4 heteroatoms. The van der Waals surface area contributed by atoms with Crippen LogP contribution < -0.4 is 5.32 Å². The summed E-state index contributed by atoms with van der Waals surface area (Å²) in [6.07, 6.45) is 3.88. The topological polar surface area (TPSA) is 15.3 Å². The molecule has 18 heavy (non-hydrogen) atoms. The first-order chi connectivity index (χ1) is 8.78. The standard InChI is InChI=1S/C14H23ClN2S/c1-2-9-17(10-12-5-7-16-8-6-12)11-13-3-4-14(15)18-13/h3-4,12,16H,2,5-11H2,1H3. The molecule has 0 atom stereocenters. The Labute approximate surface area is 119 Å². The lowest BCUT2D eigenvalue weighted by molar-refractivity contribution is 0.200. The molecule has 102 valence electrons. The highest BCUT2D eigenvalue weighted by Gasteiger charge is 2.17. The number of nitrogens with zero attached hydrogens (tertiary/aromatic N) is 1. The first kappa shape index (κ1) is 14.3. The van der Waals surface area contributed by atoms with Crippen molar-refractivity contribution in [2.75, 3.05) is 26.2 Å². The predicted octanol–water partition coefficient (Wildman–Crippen LogP) is 3.61. The molecule has 0 aromatic carbocycles. The third kappa shape index (κ3) is 4.54. The number of halogens is 1. The zero-order valence-corrected chi connectivity index (χ0v) is 12.7. The molecule has 0 aliphatic carbocycles. The van der Waals surface area contributed by atoms with Gasteiger partial charge >= 0.3 is 0 Å². The molecule has 1 N–H and O–H groups in total. The Kier molecular flexibility index (Phi) is 5.96. The average molecular weight is 287 g/mol. The monoisotopic (exact) mass is 286 g/mol. The molecule has 2 heterocycles. The summed E-state index contributed by atoms with van der Waals surface area (Å²) in [5.74, 6) is 0.869. The average Bonchev–Trinajstić information content (AvgIpc) is 2.76. The quantitative estimate of drug-likeness (QED) is 0.859. The van der Waals surface area contributed by atoms with Crippen LogP contribution >= 0.6 is 22.9 Å². The summed E-state index contributed by atoms with van der Waals surface area (Å²) in [7, 11) is 0. The summed E-state index contributed by atoms with van der Waals surface area (Å²) < 4.78 is 0.906. The number of hydrogen-bond acceptors (Lipinski definition) is 3. The Hall–Kier alpha value is -0.0900. The lowest BCUT2D eigenvalue weighted by atomic mass is 9.97. The van der Waals surface area contributed by atoms with Gasteiger partial charge in [0.2, 0.25) is 0 Å². The van der Waals surface area contributed by atoms with E-state index in [1.54, 1.807) is 11.3 Å². The van der Waals surface area contributed by atoms with Gasteiger partial charge in [0.1, 0.15) is 0 Å². The minimum absolute atomic E-state index is 0.869. The molecule has 1 saturated heterocycles. The third-order valence-electron chi connectivity index (χ3n) is 3.52. The molecule has 1 fully saturated rings. The van der Waals surface area contributed by atoms with Gasteiger partial charge in [0.25, 0.3) is 0 Å². The Morgan fingerprint density at radius 3 is 2.78 bits per heavy atom. The molecule has 2 rings (SSSR count). The smallest absolute Gasteiger partial charge is 0.0931 e. The highest BCUT2D eigenvalue weighted by Crippen LogP contribution is 2.23. The van der Waals surface area contributed by atoms with Gasteiger partial charge in [0.15, 0.2) is 0 Å². The van der Waals surface area contributed by atoms with E-state index in [4.69, 9.17) is 11.6 Å². The van der Waals surface area contributed by atoms with Gasteiger partial charge in [-0.25, -0.2) is 0 Å². The van der Waals surface area contributed by atoms with E-state index in [1.165, 1.54) is 50.3 Å². The molecule has 2 nitrogen and oxygen atoms in total. The van der Waals surface area contributed by atoms with Crippen molar-refractivity contribution in [2.45, 2.75) is 32.7 Å². The molecule has 0 spiro atoms. The summed E-state index contributed by atoms with van der Waals surface area (Å²) in [4.78, 5) is 3.99. The van der Waals surface area contributed by atoms with E-state index in [2.05, 4.69) is 23.2 Å². The largest absolute Gasteiger partial charge is 0.317 e. The third-order valence-corrected chi connectivity index (χ3v) is 4.74. The number of hydrogen-bond donors (Lipinski definition) is 1. The summed E-state index contributed by atoms with van der Waals surface area (Å²) in [6.45, 7) is 8.14. The molecule has 1 aliphatic rings. The van der Waals surface area contributed by atoms with E-state index in [-0.39, 0.29) is 0 Å². The Bertz CT molecular complexity index is 347. The van der Waals surface area contributed by atoms with E-state index in [0.29, 0.717) is 0 Å². The van der Waals surface area contributed by atoms with Crippen molar-refractivity contribution in [1.29, 1.82) is 0 Å². The second-order valence-corrected chi connectivity index (χ2v) is 6.93. The molecule has 0 radical (unpaired) electrons. The van der Waals surface area contributed by atoms with E-state index in [0.717, 1.165) is 16.8 Å². The fourth-order valence-corrected chi connectivity index (χ4v) is 3.77. The zero-order chi connectivity index (χ0) is 12.8. The molecule has 0 amide bonds. The van der Waals surface area contributed by atoms with Crippen LogP contribution in [-0.2, 0) is 6.54 Å². The minimum atomic E-state index is 0.869. The van der Waals surface area contributed by atoms with Gasteiger partial charge in [0.05, 0.1) is 4.34 Å². The van der Waals surface area contributed by atoms with Gasteiger partial charge < -0.3 is 5.32 Å². The fourth-order valence-electron chi connectivity index (χ4n) is 2.64. The lowest BCUT2D eigenvalue weighted by Crippen LogP contribution is -2.36. The maximum Gasteiger partial charge on any atom is 0.0931 e. The van der Waals surface area contributed by atoms with Gasteiger partial charge in [-0.3, -0.25) is 4.90 Å². The Morgan fingerprint density at radius 2 is 2.17 bits per heavy atom. The highest BCUT2D eigenvalue weighted by molar-refractivity contribution is 7.16. The molecule has 1 aliphatic heterocycles. The zero-order valence-electron chi connectivity index (χ0n) is 11.1. The summed E-state index contributed by atoms with van der Waals surface area (Å²) in [5.41, 5.74) is 0. The van der Waals surface area contributed by atoms with Crippen LogP contribution in [0.4, 0.5) is 0 Å². The van der Waals surface area contributed by atoms with Crippen LogP contribution in [0.2, 0.25) is 4.34 Å². The first-order valence-electron chi connectivity index (χ1n) is 6.95. The van der Waals surface area contributed by atoms with Crippen LogP contribution in [0.5, 0.6) is 0 Å². The van der Waals surface area contributed by atoms with Gasteiger partial charge in [0, 0.05) is 18.0 Å². The number of nitrogens with one attached hydrogen (secondary N) is 1. The number of piperidine rings is 1. The maximum atomic E-state index is 6.00. The van der Waals surface area contributed by atoms with Crippen molar-refractivity contribution in [3.8, 4) is 0 Å². The van der Waals surface area contributed by atoms with Crippen LogP contribution in [0, 0.1) is 5.92 Å². The molecular weight excluding hydrogens is 264 g/mol. The van der Waals surface area contributed by atoms with Gasteiger partial charge in [-0.2, -0.15) is 0 Å². The van der Waals surface area contributed by atoms with E-state index in [9.17, 15) is 0 Å². The van der Waals surface area contributed by atoms with E-state index >= 15 is 0 Å². The van der Waals surface area contributed by atoms with Gasteiger partial charge in [-0.05, 0) is 56.9 Å². The molecule has 0 bridgehead atoms. The van der Waals surface area contributed by atoms with Crippen molar-refractivity contribution >= 4 is 22.9 Å². The second-order valence-electron chi connectivity index (χ2n) is 5.13. The molecule has 1 aromatic rings. The lowest BCUT2D eigenvalue weighted by Gasteiger charge is -2.29. The SMILES string of the molecule is CCCN(Cc1ccc(Cl)s1)CC1CCNCC1. The minimum Gasteiger partial charge on any atom is -0.317 e. The molecule has 0 saturated carbocycles. The van der Waals surface area contributed by atoms with Gasteiger partial charge in [-0.15, -0.1) is 11.3 Å². The highest BCUT2D eigenvalue weighted by atomic mass is 35.5. The maximum absolute atomic E-state index is 6.00. The van der Waals surface area contributed by atoms with E-state index < -0.39 is 0 Å². The van der Waals surface area contributed by atoms with Crippen molar-refractivity contribution in [3.05, 3.63) is 21.3 Å². The first-order valence-corrected chi connectivity index (χ1v) is 8.14. The van der Waals surface area contributed by atoms with Crippen LogP contribution in [0.3, 0.4) is 0 Å². The molecular formula is C14H23ClN2S. The van der Waals surface area contributed by atoms with E-state index in [1.807, 2.05) is 6.07 Å².